The van der Waals surface area contributed by atoms with E-state index in [2.05, 4.69) is 5.32 Å². The second-order valence-electron chi connectivity index (χ2n) is 3.90. The van der Waals surface area contributed by atoms with Crippen LogP contribution in [0.1, 0.15) is 33.1 Å². The molecular formula is C11H20N2O2. The zero-order valence-electron chi connectivity index (χ0n) is 9.58. The van der Waals surface area contributed by atoms with Gasteiger partial charge < -0.3 is 5.32 Å². The van der Waals surface area contributed by atoms with Gasteiger partial charge in [-0.15, -0.1) is 0 Å². The first-order valence-corrected chi connectivity index (χ1v) is 5.75. The van der Waals surface area contributed by atoms with Gasteiger partial charge in [0, 0.05) is 18.9 Å². The molecule has 4 nitrogen and oxygen atoms in total. The molecule has 1 fully saturated rings. The minimum absolute atomic E-state index is 0.00310. The normalized spacial score (nSPS) is 21.5. The molecule has 0 bridgehead atoms. The highest BCUT2D eigenvalue weighted by molar-refractivity contribution is 6.03. The number of rotatable bonds is 6. The van der Waals surface area contributed by atoms with Gasteiger partial charge in [0.2, 0.25) is 11.8 Å². The number of likely N-dealkylation sites (tertiary alicyclic amines) is 1. The Balaban J connectivity index is 2.34. The smallest absolute Gasteiger partial charge is 0.232 e. The highest BCUT2D eigenvalue weighted by Gasteiger charge is 2.36. The highest BCUT2D eigenvalue weighted by Crippen LogP contribution is 2.22. The van der Waals surface area contributed by atoms with Crippen LogP contribution in [0.3, 0.4) is 0 Å². The van der Waals surface area contributed by atoms with E-state index < -0.39 is 0 Å². The summed E-state index contributed by atoms with van der Waals surface area (Å²) in [4.78, 5) is 24.6. The molecule has 1 unspecified atom stereocenters. The third-order valence-electron chi connectivity index (χ3n) is 2.82. The lowest BCUT2D eigenvalue weighted by Crippen LogP contribution is -2.33. The molecule has 0 aromatic rings. The molecule has 2 amide bonds. The van der Waals surface area contributed by atoms with Crippen molar-refractivity contribution in [2.24, 2.45) is 5.92 Å². The minimum atomic E-state index is -0.0587. The van der Waals surface area contributed by atoms with Gasteiger partial charge >= 0.3 is 0 Å². The third kappa shape index (κ3) is 3.02. The van der Waals surface area contributed by atoms with E-state index in [0.717, 1.165) is 25.9 Å². The fourth-order valence-corrected chi connectivity index (χ4v) is 1.84. The van der Waals surface area contributed by atoms with Gasteiger partial charge in [0.15, 0.2) is 0 Å². The number of hydrogen-bond acceptors (Lipinski definition) is 3. The molecular weight excluding hydrogens is 192 g/mol. The van der Waals surface area contributed by atoms with Crippen LogP contribution < -0.4 is 5.32 Å². The molecule has 0 aliphatic carbocycles. The van der Waals surface area contributed by atoms with E-state index in [9.17, 15) is 9.59 Å². The maximum atomic E-state index is 11.7. The van der Waals surface area contributed by atoms with E-state index in [1.807, 2.05) is 13.8 Å². The van der Waals surface area contributed by atoms with Crippen molar-refractivity contribution in [3.63, 3.8) is 0 Å². The topological polar surface area (TPSA) is 49.4 Å². The summed E-state index contributed by atoms with van der Waals surface area (Å²) in [7, 11) is 0. The molecule has 0 aromatic heterocycles. The molecule has 86 valence electrons. The molecule has 1 aliphatic heterocycles. The molecule has 15 heavy (non-hydrogen) atoms. The van der Waals surface area contributed by atoms with E-state index in [0.29, 0.717) is 13.0 Å². The number of amides is 2. The molecule has 0 spiro atoms. The first-order chi connectivity index (χ1) is 7.20. The van der Waals surface area contributed by atoms with Crippen LogP contribution >= 0.6 is 0 Å². The summed E-state index contributed by atoms with van der Waals surface area (Å²) in [6.45, 7) is 6.36. The van der Waals surface area contributed by atoms with Crippen molar-refractivity contribution in [3.05, 3.63) is 0 Å². The Hall–Kier alpha value is -0.900. The quantitative estimate of drug-likeness (QED) is 0.522. The lowest BCUT2D eigenvalue weighted by molar-refractivity contribution is -0.139. The van der Waals surface area contributed by atoms with E-state index in [1.54, 1.807) is 0 Å². The van der Waals surface area contributed by atoms with Crippen LogP contribution in [-0.4, -0.2) is 36.3 Å². The van der Waals surface area contributed by atoms with Crippen LogP contribution in [0.25, 0.3) is 0 Å². The molecule has 1 aliphatic rings. The zero-order valence-corrected chi connectivity index (χ0v) is 9.58. The summed E-state index contributed by atoms with van der Waals surface area (Å²) in [6.07, 6.45) is 2.03. The van der Waals surface area contributed by atoms with Crippen LogP contribution in [0.5, 0.6) is 0 Å². The SMILES string of the molecule is CCNCCCN1C(=O)CC(CC)C1=O. The van der Waals surface area contributed by atoms with Crippen molar-refractivity contribution in [1.29, 1.82) is 0 Å². The molecule has 1 saturated heterocycles. The highest BCUT2D eigenvalue weighted by atomic mass is 16.2. The van der Waals surface area contributed by atoms with Gasteiger partial charge in [0.25, 0.3) is 0 Å². The van der Waals surface area contributed by atoms with Gasteiger partial charge in [-0.3, -0.25) is 14.5 Å². The van der Waals surface area contributed by atoms with Crippen molar-refractivity contribution in [2.75, 3.05) is 19.6 Å². The predicted molar refractivity (Wildman–Crippen MR) is 58.3 cm³/mol. The number of carbonyl (C=O) groups is 2. The molecule has 0 radical (unpaired) electrons. The van der Waals surface area contributed by atoms with E-state index in [1.165, 1.54) is 4.90 Å². The van der Waals surface area contributed by atoms with Crippen LogP contribution in [0, 0.1) is 5.92 Å². The van der Waals surface area contributed by atoms with Crippen molar-refractivity contribution in [3.8, 4) is 0 Å². The maximum absolute atomic E-state index is 11.7. The lowest BCUT2D eigenvalue weighted by Gasteiger charge is -2.14. The summed E-state index contributed by atoms with van der Waals surface area (Å²) >= 11 is 0. The summed E-state index contributed by atoms with van der Waals surface area (Å²) in [6, 6.07) is 0. The molecule has 1 atom stereocenters. The summed E-state index contributed by atoms with van der Waals surface area (Å²) in [5.74, 6) is -0.0287. The Bertz CT molecular complexity index is 241. The molecule has 1 rings (SSSR count). The van der Waals surface area contributed by atoms with Gasteiger partial charge in [0.1, 0.15) is 0 Å². The summed E-state index contributed by atoms with van der Waals surface area (Å²) < 4.78 is 0. The number of carbonyl (C=O) groups excluding carboxylic acids is 2. The Labute approximate surface area is 91.0 Å². The van der Waals surface area contributed by atoms with Gasteiger partial charge in [-0.2, -0.15) is 0 Å². The summed E-state index contributed by atoms with van der Waals surface area (Å²) in [5.41, 5.74) is 0. The van der Waals surface area contributed by atoms with Gasteiger partial charge in [-0.25, -0.2) is 0 Å². The second kappa shape index (κ2) is 5.85. The Kier molecular flexibility index (Phi) is 4.75. The monoisotopic (exact) mass is 212 g/mol. The molecule has 0 saturated carbocycles. The minimum Gasteiger partial charge on any atom is -0.317 e. The van der Waals surface area contributed by atoms with Crippen molar-refractivity contribution >= 4 is 11.8 Å². The fourth-order valence-electron chi connectivity index (χ4n) is 1.84. The van der Waals surface area contributed by atoms with Crippen LogP contribution in [-0.2, 0) is 9.59 Å². The largest absolute Gasteiger partial charge is 0.317 e. The Morgan fingerprint density at radius 2 is 2.13 bits per heavy atom. The first-order valence-electron chi connectivity index (χ1n) is 5.75. The zero-order chi connectivity index (χ0) is 11.3. The fraction of sp³-hybridized carbons (Fsp3) is 0.818. The third-order valence-corrected chi connectivity index (χ3v) is 2.82. The van der Waals surface area contributed by atoms with Crippen molar-refractivity contribution < 1.29 is 9.59 Å². The van der Waals surface area contributed by atoms with Crippen LogP contribution in [0.4, 0.5) is 0 Å². The van der Waals surface area contributed by atoms with Gasteiger partial charge in [-0.05, 0) is 25.9 Å². The number of imide groups is 1. The molecule has 1 N–H and O–H groups in total. The molecule has 1 heterocycles. The predicted octanol–water partition coefficient (Wildman–Crippen LogP) is 0.771. The second-order valence-corrected chi connectivity index (χ2v) is 3.90. The van der Waals surface area contributed by atoms with Crippen LogP contribution in [0.2, 0.25) is 0 Å². The van der Waals surface area contributed by atoms with E-state index in [-0.39, 0.29) is 17.7 Å². The summed E-state index contributed by atoms with van der Waals surface area (Å²) in [5, 5.41) is 3.18. The molecule has 0 aromatic carbocycles. The van der Waals surface area contributed by atoms with Gasteiger partial charge in [-0.1, -0.05) is 13.8 Å². The maximum Gasteiger partial charge on any atom is 0.232 e. The number of nitrogens with one attached hydrogen (secondary N) is 1. The Morgan fingerprint density at radius 3 is 2.67 bits per heavy atom. The number of hydrogen-bond donors (Lipinski definition) is 1. The van der Waals surface area contributed by atoms with Crippen molar-refractivity contribution in [1.82, 2.24) is 10.2 Å². The van der Waals surface area contributed by atoms with Crippen LogP contribution in [0.15, 0.2) is 0 Å². The standard InChI is InChI=1S/C11H20N2O2/c1-3-9-8-10(14)13(11(9)15)7-5-6-12-4-2/h9,12H,3-8H2,1-2H3. The van der Waals surface area contributed by atoms with E-state index in [4.69, 9.17) is 0 Å². The average molecular weight is 212 g/mol. The number of nitrogens with zero attached hydrogens (tertiary/aromatic N) is 1. The average Bonchev–Trinajstić information content (AvgIpc) is 2.50. The van der Waals surface area contributed by atoms with E-state index >= 15 is 0 Å². The first kappa shape index (κ1) is 12.2. The van der Waals surface area contributed by atoms with Gasteiger partial charge in [0.05, 0.1) is 0 Å². The molecule has 4 heteroatoms. The lowest BCUT2D eigenvalue weighted by atomic mass is 10.1. The Morgan fingerprint density at radius 1 is 1.40 bits per heavy atom. The van der Waals surface area contributed by atoms with Crippen molar-refractivity contribution in [2.45, 2.75) is 33.1 Å².